The molecule has 2 aliphatic rings. The minimum absolute atomic E-state index is 0.782. The summed E-state index contributed by atoms with van der Waals surface area (Å²) in [7, 11) is 0. The summed E-state index contributed by atoms with van der Waals surface area (Å²) >= 11 is 6.01. The van der Waals surface area contributed by atoms with Crippen LogP contribution in [0.5, 0.6) is 0 Å². The molecule has 0 spiro atoms. The zero-order chi connectivity index (χ0) is 17.4. The first-order valence-corrected chi connectivity index (χ1v) is 10.9. The number of benzene rings is 1. The Bertz CT molecular complexity index is 434. The minimum atomic E-state index is 0.782. The Hall–Kier alpha value is -0.490. The van der Waals surface area contributed by atoms with Crippen molar-refractivity contribution < 1.29 is 0 Å². The van der Waals surface area contributed by atoms with Gasteiger partial charge in [-0.3, -0.25) is 0 Å². The second-order valence-corrected chi connectivity index (χ2v) is 8.17. The maximum atomic E-state index is 6.01. The zero-order valence-electron chi connectivity index (χ0n) is 16.1. The third kappa shape index (κ3) is 5.51. The third-order valence-electron chi connectivity index (χ3n) is 6.37. The summed E-state index contributed by atoms with van der Waals surface area (Å²) in [6.07, 6.45) is 14.6. The van der Waals surface area contributed by atoms with Crippen molar-refractivity contribution in [2.75, 3.05) is 0 Å². The fourth-order valence-corrected chi connectivity index (χ4v) is 5.14. The largest absolute Gasteiger partial charge is 0.0843 e. The van der Waals surface area contributed by atoms with Gasteiger partial charge in [-0.15, -0.1) is 0 Å². The van der Waals surface area contributed by atoms with Crippen molar-refractivity contribution in [1.82, 2.24) is 0 Å². The summed E-state index contributed by atoms with van der Waals surface area (Å²) in [6, 6.07) is 8.59. The second kappa shape index (κ2) is 10.5. The molecule has 0 nitrogen and oxygen atoms in total. The molecule has 0 aliphatic heterocycles. The van der Waals surface area contributed by atoms with Gasteiger partial charge in [-0.1, -0.05) is 70.2 Å². The van der Waals surface area contributed by atoms with Crippen LogP contribution in [0.25, 0.3) is 0 Å². The summed E-state index contributed by atoms with van der Waals surface area (Å²) in [4.78, 5) is 0. The smallest absolute Gasteiger partial charge is 0.0406 e. The van der Waals surface area contributed by atoms with Gasteiger partial charge in [0, 0.05) is 5.02 Å². The van der Waals surface area contributed by atoms with Gasteiger partial charge < -0.3 is 0 Å². The predicted molar refractivity (Wildman–Crippen MR) is 108 cm³/mol. The topological polar surface area (TPSA) is 0 Å². The fraction of sp³-hybridized carbons (Fsp3) is 0.739. The quantitative estimate of drug-likeness (QED) is 0.513. The van der Waals surface area contributed by atoms with E-state index in [2.05, 4.69) is 31.2 Å². The maximum Gasteiger partial charge on any atom is 0.0406 e. The molecule has 24 heavy (non-hydrogen) atoms. The number of hydrogen-bond donors (Lipinski definition) is 0. The monoisotopic (exact) mass is 348 g/mol. The van der Waals surface area contributed by atoms with Crippen molar-refractivity contribution in [2.24, 2.45) is 17.8 Å². The van der Waals surface area contributed by atoms with Crippen molar-refractivity contribution in [1.29, 1.82) is 0 Å². The van der Waals surface area contributed by atoms with E-state index < -0.39 is 0 Å². The van der Waals surface area contributed by atoms with Gasteiger partial charge >= 0.3 is 0 Å². The molecule has 1 aromatic carbocycles. The molecule has 0 heterocycles. The first-order valence-electron chi connectivity index (χ1n) is 10.5. The summed E-state index contributed by atoms with van der Waals surface area (Å²) in [5, 5.41) is 0.862. The van der Waals surface area contributed by atoms with Crippen LogP contribution in [0.2, 0.25) is 5.02 Å². The average Bonchev–Trinajstić information content (AvgIpc) is 2.65. The van der Waals surface area contributed by atoms with Crippen LogP contribution in [0.15, 0.2) is 24.3 Å². The second-order valence-electron chi connectivity index (χ2n) is 7.73. The first kappa shape index (κ1) is 19.8. The number of halogens is 1. The lowest BCUT2D eigenvalue weighted by Gasteiger charge is -2.38. The highest BCUT2D eigenvalue weighted by Crippen LogP contribution is 2.44. The molecule has 0 saturated heterocycles. The van der Waals surface area contributed by atoms with Crippen LogP contribution in [0, 0.1) is 17.8 Å². The van der Waals surface area contributed by atoms with Crippen LogP contribution >= 0.6 is 11.6 Å². The summed E-state index contributed by atoms with van der Waals surface area (Å²) in [6.45, 7) is 6.34. The molecule has 0 unspecified atom stereocenters. The molecule has 3 rings (SSSR count). The van der Waals surface area contributed by atoms with Crippen molar-refractivity contribution in [2.45, 2.75) is 90.9 Å². The standard InChI is InChI=1S/C21H31Cl.C2H6/c1-2-3-16-4-6-17(7-5-16)18-8-10-19(11-9-18)20-12-14-21(22)15-13-20;1-2/h12-19H,2-11H2,1H3;1-2H3. The highest BCUT2D eigenvalue weighted by atomic mass is 35.5. The van der Waals surface area contributed by atoms with Gasteiger partial charge in [0.15, 0.2) is 0 Å². The Morgan fingerprint density at radius 1 is 0.792 bits per heavy atom. The molecule has 0 bridgehead atoms. The van der Waals surface area contributed by atoms with E-state index in [9.17, 15) is 0 Å². The molecular weight excluding hydrogens is 312 g/mol. The molecule has 1 aromatic rings. The molecule has 136 valence electrons. The lowest BCUT2D eigenvalue weighted by Crippen LogP contribution is -2.25. The van der Waals surface area contributed by atoms with E-state index in [4.69, 9.17) is 11.6 Å². The molecule has 0 atom stereocenters. The summed E-state index contributed by atoms with van der Waals surface area (Å²) in [5.41, 5.74) is 1.51. The molecule has 0 amide bonds. The van der Waals surface area contributed by atoms with Crippen LogP contribution in [-0.4, -0.2) is 0 Å². The highest BCUT2D eigenvalue weighted by molar-refractivity contribution is 6.30. The van der Waals surface area contributed by atoms with Crippen molar-refractivity contribution in [3.8, 4) is 0 Å². The lowest BCUT2D eigenvalue weighted by molar-refractivity contribution is 0.156. The van der Waals surface area contributed by atoms with Gasteiger partial charge in [0.1, 0.15) is 0 Å². The van der Waals surface area contributed by atoms with Crippen molar-refractivity contribution in [3.05, 3.63) is 34.9 Å². The van der Waals surface area contributed by atoms with Gasteiger partial charge in [0.25, 0.3) is 0 Å². The minimum Gasteiger partial charge on any atom is -0.0843 e. The Morgan fingerprint density at radius 3 is 1.79 bits per heavy atom. The van der Waals surface area contributed by atoms with E-state index in [0.717, 1.165) is 28.7 Å². The summed E-state index contributed by atoms with van der Waals surface area (Å²) < 4.78 is 0. The van der Waals surface area contributed by atoms with E-state index in [1.165, 1.54) is 69.8 Å². The van der Waals surface area contributed by atoms with Gasteiger partial charge in [-0.25, -0.2) is 0 Å². The van der Waals surface area contributed by atoms with Crippen LogP contribution in [0.4, 0.5) is 0 Å². The van der Waals surface area contributed by atoms with Crippen LogP contribution < -0.4 is 0 Å². The Kier molecular flexibility index (Phi) is 8.67. The average molecular weight is 349 g/mol. The van der Waals surface area contributed by atoms with Gasteiger partial charge in [-0.05, 0) is 79.9 Å². The SMILES string of the molecule is CC.CCCC1CCC(C2CCC(c3ccc(Cl)cc3)CC2)CC1. The van der Waals surface area contributed by atoms with Gasteiger partial charge in [0.05, 0.1) is 0 Å². The van der Waals surface area contributed by atoms with Crippen LogP contribution in [0.1, 0.15) is 96.5 Å². The molecule has 0 aromatic heterocycles. The van der Waals surface area contributed by atoms with Crippen molar-refractivity contribution >= 4 is 11.6 Å². The number of rotatable bonds is 4. The Balaban J connectivity index is 0.00000100. The van der Waals surface area contributed by atoms with Gasteiger partial charge in [0.2, 0.25) is 0 Å². The molecule has 1 heteroatoms. The molecule has 2 fully saturated rings. The summed E-state index contributed by atoms with van der Waals surface area (Å²) in [5.74, 6) is 3.89. The zero-order valence-corrected chi connectivity index (χ0v) is 16.8. The van der Waals surface area contributed by atoms with E-state index in [0.29, 0.717) is 0 Å². The predicted octanol–water partition coefficient (Wildman–Crippen LogP) is 8.25. The van der Waals surface area contributed by atoms with Crippen molar-refractivity contribution in [3.63, 3.8) is 0 Å². The molecule has 0 radical (unpaired) electrons. The van der Waals surface area contributed by atoms with Gasteiger partial charge in [-0.2, -0.15) is 0 Å². The van der Waals surface area contributed by atoms with E-state index in [1.807, 2.05) is 13.8 Å². The Labute approximate surface area is 155 Å². The molecule has 2 saturated carbocycles. The maximum absolute atomic E-state index is 6.01. The fourth-order valence-electron chi connectivity index (χ4n) is 5.02. The molecular formula is C23H37Cl. The number of hydrogen-bond acceptors (Lipinski definition) is 0. The Morgan fingerprint density at radius 2 is 1.29 bits per heavy atom. The third-order valence-corrected chi connectivity index (χ3v) is 6.62. The molecule has 2 aliphatic carbocycles. The van der Waals surface area contributed by atoms with E-state index >= 15 is 0 Å². The highest BCUT2D eigenvalue weighted by Gasteiger charge is 2.30. The van der Waals surface area contributed by atoms with Crippen LogP contribution in [-0.2, 0) is 0 Å². The normalized spacial score (nSPS) is 30.3. The van der Waals surface area contributed by atoms with E-state index in [1.54, 1.807) is 0 Å². The lowest BCUT2D eigenvalue weighted by atomic mass is 9.68. The van der Waals surface area contributed by atoms with Crippen LogP contribution in [0.3, 0.4) is 0 Å². The first-order chi connectivity index (χ1) is 11.8. The molecule has 0 N–H and O–H groups in total. The van der Waals surface area contributed by atoms with E-state index in [-0.39, 0.29) is 0 Å².